The second-order valence-electron chi connectivity index (χ2n) is 10.2. The Morgan fingerprint density at radius 3 is 2.25 bits per heavy atom. The van der Waals surface area contributed by atoms with Gasteiger partial charge in [0.25, 0.3) is 5.22 Å². The second-order valence-corrected chi connectivity index (χ2v) is 11.2. The zero-order valence-corrected chi connectivity index (χ0v) is 26.1. The molecule has 0 spiro atoms. The van der Waals surface area contributed by atoms with Gasteiger partial charge in [0.05, 0.1) is 17.9 Å². The van der Waals surface area contributed by atoms with Crippen LogP contribution in [0.15, 0.2) is 95.6 Å². The fourth-order valence-corrected chi connectivity index (χ4v) is 5.45. The van der Waals surface area contributed by atoms with Crippen molar-refractivity contribution in [3.63, 3.8) is 0 Å². The zero-order valence-electron chi connectivity index (χ0n) is 25.3. The van der Waals surface area contributed by atoms with Crippen LogP contribution in [0.1, 0.15) is 69.2 Å². The minimum Gasteiger partial charge on any atom is -0.431 e. The molecule has 9 nitrogen and oxygen atoms in total. The number of hydroxylamine groups is 1. The molecule has 236 valence electrons. The zero-order chi connectivity index (χ0) is 31.6. The van der Waals surface area contributed by atoms with E-state index in [-0.39, 0.29) is 24.5 Å². The molecule has 3 aromatic rings. The highest BCUT2D eigenvalue weighted by Crippen LogP contribution is 2.35. The number of rotatable bonds is 15. The number of thioether (sulfide) groups is 1. The predicted molar refractivity (Wildman–Crippen MR) is 172 cm³/mol. The largest absolute Gasteiger partial charge is 0.431 e. The summed E-state index contributed by atoms with van der Waals surface area (Å²) in [5, 5.41) is 12.0. The third kappa shape index (κ3) is 11.8. The molecule has 1 saturated heterocycles. The van der Waals surface area contributed by atoms with Crippen LogP contribution in [0, 0.1) is 0 Å². The summed E-state index contributed by atoms with van der Waals surface area (Å²) in [5.41, 5.74) is 4.45. The van der Waals surface area contributed by atoms with Crippen molar-refractivity contribution >= 4 is 23.6 Å². The summed E-state index contributed by atoms with van der Waals surface area (Å²) < 4.78 is 18.4. The van der Waals surface area contributed by atoms with E-state index in [9.17, 15) is 9.59 Å². The van der Waals surface area contributed by atoms with Crippen LogP contribution < -0.4 is 10.8 Å². The number of aromatic nitrogens is 1. The third-order valence-corrected chi connectivity index (χ3v) is 7.62. The lowest BCUT2D eigenvalue weighted by atomic mass is 10.0. The molecule has 3 unspecified atom stereocenters. The van der Waals surface area contributed by atoms with E-state index in [2.05, 4.69) is 18.5 Å². The predicted octanol–water partition coefficient (Wildman–Crippen LogP) is 7.15. The maximum absolute atomic E-state index is 12.7. The molecule has 0 saturated carbocycles. The topological polar surface area (TPSA) is 123 Å². The van der Waals surface area contributed by atoms with Crippen molar-refractivity contribution in [3.8, 4) is 11.3 Å². The van der Waals surface area contributed by atoms with Crippen molar-refractivity contribution in [2.75, 3.05) is 5.75 Å². The summed E-state index contributed by atoms with van der Waals surface area (Å²) in [6.07, 6.45) is 7.01. The van der Waals surface area contributed by atoms with Gasteiger partial charge >= 0.3 is 0 Å². The van der Waals surface area contributed by atoms with Gasteiger partial charge in [-0.3, -0.25) is 14.8 Å². The highest BCUT2D eigenvalue weighted by molar-refractivity contribution is 7.99. The van der Waals surface area contributed by atoms with E-state index < -0.39 is 12.3 Å². The summed E-state index contributed by atoms with van der Waals surface area (Å²) in [6.45, 7) is 9.10. The molecule has 0 aliphatic carbocycles. The van der Waals surface area contributed by atoms with Gasteiger partial charge in [0.2, 0.25) is 18.2 Å². The molecule has 3 N–H and O–H groups in total. The first-order valence-corrected chi connectivity index (χ1v) is 15.9. The SMILES string of the molecule is C=CC.C=CCc1nc(SCC2CC(c3ccccc3)OC(NC(=O)CCCCCCC(=O)NO)O2)oc1-c1ccccc1. The Labute approximate surface area is 264 Å². The quantitative estimate of drug-likeness (QED) is 0.0538. The van der Waals surface area contributed by atoms with E-state index in [1.807, 2.05) is 73.7 Å². The lowest BCUT2D eigenvalue weighted by molar-refractivity contribution is -0.251. The van der Waals surface area contributed by atoms with Gasteiger partial charge < -0.3 is 19.2 Å². The molecule has 0 radical (unpaired) electrons. The molecular formula is C34H43N3O6S. The molecule has 4 rings (SSSR count). The van der Waals surface area contributed by atoms with Gasteiger partial charge in [-0.25, -0.2) is 10.5 Å². The van der Waals surface area contributed by atoms with Crippen LogP contribution >= 0.6 is 11.8 Å². The normalized spacial score (nSPS) is 17.5. The second kappa shape index (κ2) is 19.6. The van der Waals surface area contributed by atoms with Crippen molar-refractivity contribution < 1.29 is 28.7 Å². The van der Waals surface area contributed by atoms with Gasteiger partial charge in [-0.15, -0.1) is 13.2 Å². The molecule has 1 fully saturated rings. The van der Waals surface area contributed by atoms with E-state index in [0.29, 0.717) is 43.1 Å². The van der Waals surface area contributed by atoms with Crippen molar-refractivity contribution in [2.45, 2.75) is 82.1 Å². The Bertz CT molecular complexity index is 1300. The van der Waals surface area contributed by atoms with Crippen LogP contribution in [0.3, 0.4) is 0 Å². The van der Waals surface area contributed by atoms with E-state index >= 15 is 0 Å². The highest BCUT2D eigenvalue weighted by Gasteiger charge is 2.32. The first kappa shape index (κ1) is 34.8. The average molecular weight is 622 g/mol. The van der Waals surface area contributed by atoms with E-state index in [1.165, 1.54) is 11.8 Å². The number of nitrogens with one attached hydrogen (secondary N) is 2. The molecule has 1 aliphatic heterocycles. The van der Waals surface area contributed by atoms with Crippen molar-refractivity contribution in [2.24, 2.45) is 0 Å². The lowest BCUT2D eigenvalue weighted by Crippen LogP contribution is -2.46. The average Bonchev–Trinajstić information content (AvgIpc) is 3.45. The van der Waals surface area contributed by atoms with Crippen LogP contribution in [-0.2, 0) is 25.5 Å². The van der Waals surface area contributed by atoms with Crippen LogP contribution in [0.5, 0.6) is 0 Å². The van der Waals surface area contributed by atoms with Crippen molar-refractivity contribution in [1.29, 1.82) is 0 Å². The summed E-state index contributed by atoms with van der Waals surface area (Å²) in [4.78, 5) is 28.5. The Morgan fingerprint density at radius 1 is 0.977 bits per heavy atom. The number of unbranched alkanes of at least 4 members (excludes halogenated alkanes) is 3. The third-order valence-electron chi connectivity index (χ3n) is 6.66. The number of allylic oxidation sites excluding steroid dienone is 2. The van der Waals surface area contributed by atoms with Crippen molar-refractivity contribution in [1.82, 2.24) is 15.8 Å². The van der Waals surface area contributed by atoms with Gasteiger partial charge in [0, 0.05) is 37.0 Å². The smallest absolute Gasteiger partial charge is 0.256 e. The fourth-order valence-electron chi connectivity index (χ4n) is 4.59. The van der Waals surface area contributed by atoms with Crippen LogP contribution in [0.25, 0.3) is 11.3 Å². The molecule has 2 heterocycles. The number of ether oxygens (including phenoxy) is 2. The first-order chi connectivity index (χ1) is 21.5. The van der Waals surface area contributed by atoms with Gasteiger partial charge in [0.15, 0.2) is 5.76 Å². The van der Waals surface area contributed by atoms with E-state index in [1.54, 1.807) is 11.6 Å². The Morgan fingerprint density at radius 2 is 1.61 bits per heavy atom. The summed E-state index contributed by atoms with van der Waals surface area (Å²) in [7, 11) is 0. The molecule has 10 heteroatoms. The fraction of sp³-hybridized carbons (Fsp3) is 0.382. The van der Waals surface area contributed by atoms with Gasteiger partial charge in [0.1, 0.15) is 0 Å². The number of nitrogens with zero attached hydrogens (tertiary/aromatic N) is 1. The van der Waals surface area contributed by atoms with Crippen LogP contribution in [0.4, 0.5) is 0 Å². The summed E-state index contributed by atoms with van der Waals surface area (Å²) >= 11 is 1.48. The van der Waals surface area contributed by atoms with Crippen LogP contribution in [0.2, 0.25) is 0 Å². The molecule has 0 bridgehead atoms. The number of amides is 2. The Hall–Kier alpha value is -3.70. The Kier molecular flexibility index (Phi) is 15.5. The van der Waals surface area contributed by atoms with Crippen molar-refractivity contribution in [3.05, 3.63) is 97.2 Å². The summed E-state index contributed by atoms with van der Waals surface area (Å²) in [5.74, 6) is 0.761. The van der Waals surface area contributed by atoms with Gasteiger partial charge in [-0.05, 0) is 25.3 Å². The Balaban J connectivity index is 0.00000169. The monoisotopic (exact) mass is 621 g/mol. The number of carbonyl (C=O) groups is 2. The maximum atomic E-state index is 12.7. The highest BCUT2D eigenvalue weighted by atomic mass is 32.2. The molecule has 2 aromatic carbocycles. The number of hydrogen-bond acceptors (Lipinski definition) is 8. The molecule has 2 amide bonds. The molecule has 3 atom stereocenters. The minimum atomic E-state index is -0.874. The maximum Gasteiger partial charge on any atom is 0.256 e. The molecule has 1 aromatic heterocycles. The number of hydrogen-bond donors (Lipinski definition) is 3. The molecule has 1 aliphatic rings. The standard InChI is InChI=1S/C31H37N3O6S.C3H6/c1-2-13-25-29(23-16-9-6-10-17-23)40-31(32-25)41-21-24-20-26(22-14-7-5-8-15-22)39-30(38-24)33-27(35)18-11-3-4-12-19-28(36)34-37;1-3-2/h2,5-10,14-17,24,26,30,37H,1,3-4,11-13,18-21H2,(H,33,35)(H,34,36);3H,1H2,2H3. The van der Waals surface area contributed by atoms with E-state index in [0.717, 1.165) is 35.4 Å². The van der Waals surface area contributed by atoms with E-state index in [4.69, 9.17) is 24.1 Å². The summed E-state index contributed by atoms with van der Waals surface area (Å²) in [6, 6.07) is 19.8. The number of oxazole rings is 1. The van der Waals surface area contributed by atoms with Crippen LogP contribution in [-0.4, -0.2) is 40.3 Å². The molecular weight excluding hydrogens is 578 g/mol. The minimum absolute atomic E-state index is 0.155. The first-order valence-electron chi connectivity index (χ1n) is 14.9. The van der Waals surface area contributed by atoms with Gasteiger partial charge in [-0.1, -0.05) is 97.4 Å². The molecule has 44 heavy (non-hydrogen) atoms. The number of benzene rings is 2. The lowest BCUT2D eigenvalue weighted by Gasteiger charge is -2.35. The van der Waals surface area contributed by atoms with Gasteiger partial charge in [-0.2, -0.15) is 0 Å². The number of carbonyl (C=O) groups excluding carboxylic acids is 2.